The minimum Gasteiger partial charge on any atom is -0.298 e. The van der Waals surface area contributed by atoms with Gasteiger partial charge >= 0.3 is 0 Å². The fourth-order valence-electron chi connectivity index (χ4n) is 1.49. The lowest BCUT2D eigenvalue weighted by Crippen LogP contribution is -2.02. The molecule has 5 nitrogen and oxygen atoms in total. The lowest BCUT2D eigenvalue weighted by molar-refractivity contribution is 0.112. The van der Waals surface area contributed by atoms with Crippen LogP contribution in [0.1, 0.15) is 28.7 Å². The first-order valence-corrected chi connectivity index (χ1v) is 5.58. The average molecular weight is 251 g/mol. The highest BCUT2D eigenvalue weighted by Gasteiger charge is 2.16. The first kappa shape index (κ1) is 11.7. The summed E-state index contributed by atoms with van der Waals surface area (Å²) >= 11 is 6.08. The average Bonchev–Trinajstić information content (AvgIpc) is 2.66. The number of aldehydes is 1. The Morgan fingerprint density at radius 3 is 2.65 bits per heavy atom. The molecular formula is C11H11ClN4O. The maximum Gasteiger partial charge on any atom is 0.177 e. The molecule has 17 heavy (non-hydrogen) atoms. The van der Waals surface area contributed by atoms with Crippen LogP contribution in [0.15, 0.2) is 12.1 Å². The highest BCUT2D eigenvalue weighted by atomic mass is 35.5. The van der Waals surface area contributed by atoms with Gasteiger partial charge in [-0.1, -0.05) is 18.5 Å². The Kier molecular flexibility index (Phi) is 3.19. The van der Waals surface area contributed by atoms with Crippen molar-refractivity contribution in [1.82, 2.24) is 20.0 Å². The van der Waals surface area contributed by atoms with Gasteiger partial charge in [0.25, 0.3) is 0 Å². The Balaban J connectivity index is 2.56. The standard InChI is InChI=1S/C11H11ClN4O/c1-3-9-8(6-17)11(12)16(15-9)10-5-4-7(2)13-14-10/h4-6H,3H2,1-2H3. The molecule has 0 atom stereocenters. The highest BCUT2D eigenvalue weighted by molar-refractivity contribution is 6.32. The number of aromatic nitrogens is 4. The molecule has 0 aliphatic carbocycles. The van der Waals surface area contributed by atoms with Crippen molar-refractivity contribution >= 4 is 17.9 Å². The number of carbonyl (C=O) groups is 1. The van der Waals surface area contributed by atoms with Gasteiger partial charge in [-0.25, -0.2) is 4.68 Å². The molecule has 2 rings (SSSR count). The third-order valence-electron chi connectivity index (χ3n) is 2.39. The molecule has 0 aliphatic heterocycles. The molecule has 6 heteroatoms. The molecule has 0 spiro atoms. The number of aryl methyl sites for hydroxylation is 2. The normalized spacial score (nSPS) is 10.5. The fraction of sp³-hybridized carbons (Fsp3) is 0.273. The first-order valence-electron chi connectivity index (χ1n) is 5.20. The van der Waals surface area contributed by atoms with E-state index in [9.17, 15) is 4.79 Å². The number of nitrogens with zero attached hydrogens (tertiary/aromatic N) is 4. The minimum atomic E-state index is 0.273. The predicted octanol–water partition coefficient (Wildman–Crippen LogP) is 2.00. The van der Waals surface area contributed by atoms with Gasteiger partial charge in [0.2, 0.25) is 0 Å². The Hall–Kier alpha value is -1.75. The van der Waals surface area contributed by atoms with Crippen LogP contribution in [0.4, 0.5) is 0 Å². The summed E-state index contributed by atoms with van der Waals surface area (Å²) in [6, 6.07) is 3.57. The Bertz CT molecular complexity index is 547. The molecule has 0 amide bonds. The summed E-state index contributed by atoms with van der Waals surface area (Å²) in [5.41, 5.74) is 1.88. The largest absolute Gasteiger partial charge is 0.298 e. The second-order valence-electron chi connectivity index (χ2n) is 3.57. The van der Waals surface area contributed by atoms with Crippen LogP contribution in [0, 0.1) is 6.92 Å². The van der Waals surface area contributed by atoms with Crippen molar-refractivity contribution in [3.63, 3.8) is 0 Å². The quantitative estimate of drug-likeness (QED) is 0.782. The topological polar surface area (TPSA) is 60.7 Å². The van der Waals surface area contributed by atoms with E-state index in [4.69, 9.17) is 11.6 Å². The van der Waals surface area contributed by atoms with Crippen molar-refractivity contribution in [1.29, 1.82) is 0 Å². The molecule has 2 aromatic rings. The fourth-order valence-corrected chi connectivity index (χ4v) is 1.76. The van der Waals surface area contributed by atoms with Crippen molar-refractivity contribution in [2.45, 2.75) is 20.3 Å². The molecule has 0 saturated heterocycles. The Morgan fingerprint density at radius 1 is 1.41 bits per heavy atom. The van der Waals surface area contributed by atoms with E-state index in [1.54, 1.807) is 6.07 Å². The van der Waals surface area contributed by atoms with E-state index in [0.717, 1.165) is 5.69 Å². The van der Waals surface area contributed by atoms with Gasteiger partial charge in [0, 0.05) is 0 Å². The molecule has 2 aromatic heterocycles. The molecule has 0 fully saturated rings. The molecule has 0 bridgehead atoms. The SMILES string of the molecule is CCc1nn(-c2ccc(C)nn2)c(Cl)c1C=O. The molecule has 0 aromatic carbocycles. The van der Waals surface area contributed by atoms with Crippen molar-refractivity contribution < 1.29 is 4.79 Å². The summed E-state index contributed by atoms with van der Waals surface area (Å²) in [6.07, 6.45) is 1.35. The lowest BCUT2D eigenvalue weighted by Gasteiger charge is -2.00. The zero-order chi connectivity index (χ0) is 12.4. The summed E-state index contributed by atoms with van der Waals surface area (Å²) in [5.74, 6) is 0.503. The van der Waals surface area contributed by atoms with Gasteiger partial charge in [-0.15, -0.1) is 5.10 Å². The van der Waals surface area contributed by atoms with E-state index in [-0.39, 0.29) is 5.15 Å². The van der Waals surface area contributed by atoms with Crippen LogP contribution in [-0.4, -0.2) is 26.3 Å². The molecule has 0 unspecified atom stereocenters. The molecule has 88 valence electrons. The molecule has 0 N–H and O–H groups in total. The van der Waals surface area contributed by atoms with Gasteiger partial charge in [0.1, 0.15) is 5.15 Å². The van der Waals surface area contributed by atoms with E-state index >= 15 is 0 Å². The Labute approximate surface area is 103 Å². The molecule has 0 saturated carbocycles. The monoisotopic (exact) mass is 250 g/mol. The number of hydrogen-bond donors (Lipinski definition) is 0. The lowest BCUT2D eigenvalue weighted by atomic mass is 10.2. The number of halogens is 1. The Morgan fingerprint density at radius 2 is 2.18 bits per heavy atom. The van der Waals surface area contributed by atoms with Crippen LogP contribution < -0.4 is 0 Å². The zero-order valence-corrected chi connectivity index (χ0v) is 10.3. The molecule has 2 heterocycles. The number of hydrogen-bond acceptors (Lipinski definition) is 4. The van der Waals surface area contributed by atoms with E-state index in [1.807, 2.05) is 19.9 Å². The third kappa shape index (κ3) is 2.06. The summed E-state index contributed by atoms with van der Waals surface area (Å²) in [5, 5.41) is 12.4. The third-order valence-corrected chi connectivity index (χ3v) is 2.76. The molecule has 0 radical (unpaired) electrons. The maximum absolute atomic E-state index is 10.9. The van der Waals surface area contributed by atoms with Crippen molar-refractivity contribution in [3.05, 3.63) is 34.2 Å². The van der Waals surface area contributed by atoms with Crippen LogP contribution >= 0.6 is 11.6 Å². The van der Waals surface area contributed by atoms with E-state index in [1.165, 1.54) is 4.68 Å². The highest BCUT2D eigenvalue weighted by Crippen LogP contribution is 2.21. The van der Waals surface area contributed by atoms with Gasteiger partial charge < -0.3 is 0 Å². The first-order chi connectivity index (χ1) is 8.17. The smallest absolute Gasteiger partial charge is 0.177 e. The van der Waals surface area contributed by atoms with Crippen molar-refractivity contribution in [3.8, 4) is 5.82 Å². The second-order valence-corrected chi connectivity index (χ2v) is 3.93. The van der Waals surface area contributed by atoms with Crippen molar-refractivity contribution in [2.24, 2.45) is 0 Å². The summed E-state index contributed by atoms with van der Waals surface area (Å²) in [6.45, 7) is 3.76. The van der Waals surface area contributed by atoms with Crippen LogP contribution in [0.25, 0.3) is 5.82 Å². The van der Waals surface area contributed by atoms with Crippen LogP contribution in [0.3, 0.4) is 0 Å². The summed E-state index contributed by atoms with van der Waals surface area (Å²) < 4.78 is 1.43. The number of carbonyl (C=O) groups excluding carboxylic acids is 1. The van der Waals surface area contributed by atoms with Crippen LogP contribution in [-0.2, 0) is 6.42 Å². The van der Waals surface area contributed by atoms with Crippen molar-refractivity contribution in [2.75, 3.05) is 0 Å². The van der Waals surface area contributed by atoms with E-state index in [2.05, 4.69) is 15.3 Å². The van der Waals surface area contributed by atoms with Gasteiger partial charge in [-0.3, -0.25) is 4.79 Å². The van der Waals surface area contributed by atoms with E-state index in [0.29, 0.717) is 29.8 Å². The second kappa shape index (κ2) is 4.63. The predicted molar refractivity (Wildman–Crippen MR) is 63.7 cm³/mol. The molecular weight excluding hydrogens is 240 g/mol. The minimum absolute atomic E-state index is 0.273. The van der Waals surface area contributed by atoms with Gasteiger partial charge in [-0.2, -0.15) is 10.2 Å². The number of rotatable bonds is 3. The van der Waals surface area contributed by atoms with Crippen LogP contribution in [0.2, 0.25) is 5.15 Å². The van der Waals surface area contributed by atoms with Gasteiger partial charge in [-0.05, 0) is 25.5 Å². The van der Waals surface area contributed by atoms with Gasteiger partial charge in [0.15, 0.2) is 12.1 Å². The van der Waals surface area contributed by atoms with E-state index < -0.39 is 0 Å². The van der Waals surface area contributed by atoms with Crippen LogP contribution in [0.5, 0.6) is 0 Å². The van der Waals surface area contributed by atoms with Gasteiger partial charge in [0.05, 0.1) is 17.0 Å². The molecule has 0 aliphatic rings. The maximum atomic E-state index is 10.9. The summed E-state index contributed by atoms with van der Waals surface area (Å²) in [4.78, 5) is 10.9. The summed E-state index contributed by atoms with van der Waals surface area (Å²) in [7, 11) is 0. The zero-order valence-electron chi connectivity index (χ0n) is 9.51.